The number of hydrogen-bond donors (Lipinski definition) is 2. The van der Waals surface area contributed by atoms with Gasteiger partial charge < -0.3 is 10.6 Å². The Morgan fingerprint density at radius 3 is 2.58 bits per heavy atom. The van der Waals surface area contributed by atoms with Crippen LogP contribution in [0.25, 0.3) is 0 Å². The number of piperidine rings is 1. The van der Waals surface area contributed by atoms with E-state index in [1.807, 2.05) is 12.1 Å². The lowest BCUT2D eigenvalue weighted by atomic mass is 9.81. The van der Waals surface area contributed by atoms with Crippen LogP contribution in [-0.4, -0.2) is 18.5 Å². The van der Waals surface area contributed by atoms with Gasteiger partial charge in [0.1, 0.15) is 0 Å². The molecule has 1 unspecified atom stereocenters. The summed E-state index contributed by atoms with van der Waals surface area (Å²) in [7, 11) is 0. The fraction of sp³-hybridized carbons (Fsp3) is 0.667. The molecular weight excluding hydrogens is 296 g/mol. The van der Waals surface area contributed by atoms with Gasteiger partial charge in [-0.05, 0) is 61.3 Å². The quantitative estimate of drug-likeness (QED) is 0.859. The summed E-state index contributed by atoms with van der Waals surface area (Å²) >= 11 is 0. The van der Waals surface area contributed by atoms with Crippen molar-refractivity contribution in [2.24, 2.45) is 11.8 Å². The van der Waals surface area contributed by atoms with Gasteiger partial charge in [0, 0.05) is 11.7 Å². The van der Waals surface area contributed by atoms with Crippen molar-refractivity contribution in [1.29, 1.82) is 0 Å². The fourth-order valence-electron chi connectivity index (χ4n) is 4.32. The molecule has 1 aliphatic heterocycles. The van der Waals surface area contributed by atoms with E-state index >= 15 is 0 Å². The Morgan fingerprint density at radius 1 is 1.12 bits per heavy atom. The second-order valence-electron chi connectivity index (χ2n) is 8.59. The number of hydrogen-bond acceptors (Lipinski definition) is 2. The Hall–Kier alpha value is -1.35. The summed E-state index contributed by atoms with van der Waals surface area (Å²) in [5.41, 5.74) is 2.29. The van der Waals surface area contributed by atoms with Gasteiger partial charge in [-0.2, -0.15) is 0 Å². The molecule has 1 aliphatic carbocycles. The van der Waals surface area contributed by atoms with Crippen LogP contribution in [0.1, 0.15) is 64.9 Å². The maximum atomic E-state index is 12.9. The molecule has 0 spiro atoms. The fourth-order valence-corrected chi connectivity index (χ4v) is 4.32. The predicted molar refractivity (Wildman–Crippen MR) is 100 cm³/mol. The molecule has 3 rings (SSSR count). The highest BCUT2D eigenvalue weighted by molar-refractivity contribution is 5.93. The van der Waals surface area contributed by atoms with E-state index in [1.54, 1.807) is 0 Å². The maximum Gasteiger partial charge on any atom is 0.229 e. The van der Waals surface area contributed by atoms with Gasteiger partial charge in [-0.3, -0.25) is 4.79 Å². The highest BCUT2D eigenvalue weighted by Crippen LogP contribution is 2.34. The minimum Gasteiger partial charge on any atom is -0.326 e. The van der Waals surface area contributed by atoms with Crippen LogP contribution in [0.2, 0.25) is 0 Å². The van der Waals surface area contributed by atoms with E-state index in [0.717, 1.165) is 25.1 Å². The summed E-state index contributed by atoms with van der Waals surface area (Å²) in [6, 6.07) is 8.68. The Balaban J connectivity index is 1.71. The SMILES string of the molecule is CC(C)(C)c1cccc(NC(=O)C2CCCN[C@H]2C2CCCC2)c1. The molecule has 1 amide bonds. The molecule has 2 fully saturated rings. The molecule has 1 heterocycles. The van der Waals surface area contributed by atoms with Gasteiger partial charge in [0.05, 0.1) is 5.92 Å². The van der Waals surface area contributed by atoms with Crippen molar-refractivity contribution in [3.8, 4) is 0 Å². The standard InChI is InChI=1S/C21H32N2O/c1-21(2,3)16-10-6-11-17(14-16)23-20(24)18-12-7-13-22-19(18)15-8-4-5-9-15/h6,10-11,14-15,18-19,22H,4-5,7-9,12-13H2,1-3H3,(H,23,24)/t18?,19-/m0/s1. The number of carbonyl (C=O) groups is 1. The lowest BCUT2D eigenvalue weighted by Gasteiger charge is -2.35. The summed E-state index contributed by atoms with van der Waals surface area (Å²) in [6.07, 6.45) is 7.32. The number of carbonyl (C=O) groups excluding carboxylic acids is 1. The van der Waals surface area contributed by atoms with Gasteiger partial charge in [-0.1, -0.05) is 45.7 Å². The largest absolute Gasteiger partial charge is 0.326 e. The summed E-state index contributed by atoms with van der Waals surface area (Å²) < 4.78 is 0. The van der Waals surface area contributed by atoms with Crippen LogP contribution in [0, 0.1) is 11.8 Å². The van der Waals surface area contributed by atoms with Crippen molar-refractivity contribution in [3.63, 3.8) is 0 Å². The molecule has 0 aromatic heterocycles. The van der Waals surface area contributed by atoms with Crippen LogP contribution in [0.4, 0.5) is 5.69 Å². The molecular formula is C21H32N2O. The van der Waals surface area contributed by atoms with Crippen molar-refractivity contribution >= 4 is 11.6 Å². The second-order valence-corrected chi connectivity index (χ2v) is 8.59. The molecule has 3 heteroatoms. The first-order chi connectivity index (χ1) is 11.4. The Kier molecular flexibility index (Phi) is 5.29. The molecule has 2 N–H and O–H groups in total. The molecule has 24 heavy (non-hydrogen) atoms. The second kappa shape index (κ2) is 7.26. The zero-order chi connectivity index (χ0) is 17.2. The van der Waals surface area contributed by atoms with Crippen LogP contribution in [0.5, 0.6) is 0 Å². The van der Waals surface area contributed by atoms with Crippen molar-refractivity contribution in [1.82, 2.24) is 5.32 Å². The highest BCUT2D eigenvalue weighted by atomic mass is 16.1. The van der Waals surface area contributed by atoms with Crippen LogP contribution < -0.4 is 10.6 Å². The molecule has 2 aliphatic rings. The monoisotopic (exact) mass is 328 g/mol. The predicted octanol–water partition coefficient (Wildman–Crippen LogP) is 4.48. The molecule has 1 aromatic rings. The number of anilines is 1. The average molecular weight is 329 g/mol. The molecule has 1 aromatic carbocycles. The minimum absolute atomic E-state index is 0.0967. The zero-order valence-electron chi connectivity index (χ0n) is 15.4. The molecule has 0 radical (unpaired) electrons. The van der Waals surface area contributed by atoms with Gasteiger partial charge in [-0.25, -0.2) is 0 Å². The van der Waals surface area contributed by atoms with Gasteiger partial charge in [0.15, 0.2) is 0 Å². The first-order valence-electron chi connectivity index (χ1n) is 9.60. The van der Waals surface area contributed by atoms with Crippen molar-refractivity contribution in [2.75, 3.05) is 11.9 Å². The Bertz CT molecular complexity index is 569. The first kappa shape index (κ1) is 17.5. The number of nitrogens with one attached hydrogen (secondary N) is 2. The van der Waals surface area contributed by atoms with Gasteiger partial charge in [0.25, 0.3) is 0 Å². The number of benzene rings is 1. The average Bonchev–Trinajstić information content (AvgIpc) is 3.08. The lowest BCUT2D eigenvalue weighted by Crippen LogP contribution is -2.50. The Labute approximate surface area is 146 Å². The van der Waals surface area contributed by atoms with Gasteiger partial charge >= 0.3 is 0 Å². The van der Waals surface area contributed by atoms with E-state index in [-0.39, 0.29) is 17.2 Å². The summed E-state index contributed by atoms with van der Waals surface area (Å²) in [5.74, 6) is 0.993. The zero-order valence-corrected chi connectivity index (χ0v) is 15.4. The maximum absolute atomic E-state index is 12.9. The van der Waals surface area contributed by atoms with E-state index in [1.165, 1.54) is 31.2 Å². The minimum atomic E-state index is 0.0967. The number of amides is 1. The Morgan fingerprint density at radius 2 is 1.88 bits per heavy atom. The van der Waals surface area contributed by atoms with Crippen LogP contribution >= 0.6 is 0 Å². The molecule has 2 atom stereocenters. The molecule has 3 nitrogen and oxygen atoms in total. The molecule has 132 valence electrons. The van der Waals surface area contributed by atoms with Crippen LogP contribution in [0.3, 0.4) is 0 Å². The molecule has 1 saturated heterocycles. The third-order valence-corrected chi connectivity index (χ3v) is 5.75. The van der Waals surface area contributed by atoms with Crippen molar-refractivity contribution in [2.45, 2.75) is 70.8 Å². The van der Waals surface area contributed by atoms with E-state index in [4.69, 9.17) is 0 Å². The lowest BCUT2D eigenvalue weighted by molar-refractivity contribution is -0.122. The molecule has 1 saturated carbocycles. The smallest absolute Gasteiger partial charge is 0.229 e. The third-order valence-electron chi connectivity index (χ3n) is 5.75. The van der Waals surface area contributed by atoms with E-state index in [0.29, 0.717) is 12.0 Å². The highest BCUT2D eigenvalue weighted by Gasteiger charge is 2.37. The third kappa shape index (κ3) is 4.00. The van der Waals surface area contributed by atoms with Crippen LogP contribution in [0.15, 0.2) is 24.3 Å². The summed E-state index contributed by atoms with van der Waals surface area (Å²) in [4.78, 5) is 12.9. The summed E-state index contributed by atoms with van der Waals surface area (Å²) in [5, 5.41) is 6.85. The van der Waals surface area contributed by atoms with Crippen molar-refractivity contribution in [3.05, 3.63) is 29.8 Å². The molecule has 0 bridgehead atoms. The van der Waals surface area contributed by atoms with Crippen molar-refractivity contribution < 1.29 is 4.79 Å². The summed E-state index contributed by atoms with van der Waals surface area (Å²) in [6.45, 7) is 7.67. The first-order valence-corrected chi connectivity index (χ1v) is 9.60. The van der Waals surface area contributed by atoms with E-state index < -0.39 is 0 Å². The van der Waals surface area contributed by atoms with Crippen LogP contribution in [-0.2, 0) is 10.2 Å². The topological polar surface area (TPSA) is 41.1 Å². The van der Waals surface area contributed by atoms with Gasteiger partial charge in [0.2, 0.25) is 5.91 Å². The normalized spacial score (nSPS) is 25.6. The van der Waals surface area contributed by atoms with E-state index in [9.17, 15) is 4.79 Å². The number of rotatable bonds is 3. The van der Waals surface area contributed by atoms with E-state index in [2.05, 4.69) is 43.5 Å². The van der Waals surface area contributed by atoms with Gasteiger partial charge in [-0.15, -0.1) is 0 Å².